The van der Waals surface area contributed by atoms with Crippen molar-refractivity contribution in [3.8, 4) is 0 Å². The Morgan fingerprint density at radius 3 is 2.67 bits per heavy atom. The molecule has 6 heteroatoms. The van der Waals surface area contributed by atoms with Crippen LogP contribution in [-0.4, -0.2) is 23.3 Å². The number of benzene rings is 1. The fourth-order valence-corrected chi connectivity index (χ4v) is 2.41. The molecule has 5 nitrogen and oxygen atoms in total. The molecule has 0 unspecified atom stereocenters. The molecule has 2 rings (SSSR count). The van der Waals surface area contributed by atoms with Gasteiger partial charge in [0.2, 0.25) is 6.33 Å². The molecule has 0 aliphatic carbocycles. The monoisotopic (exact) mass is 270 g/mol. The van der Waals surface area contributed by atoms with Crippen LogP contribution < -0.4 is 4.57 Å². The largest absolute Gasteiger partial charge is 0.748 e. The van der Waals surface area contributed by atoms with Gasteiger partial charge < -0.3 is 4.55 Å². The number of nitrogens with zero attached hydrogens (tertiary/aromatic N) is 2. The molecule has 0 saturated carbocycles. The lowest BCUT2D eigenvalue weighted by Crippen LogP contribution is -2.25. The minimum absolute atomic E-state index is 0. The van der Waals surface area contributed by atoms with E-state index in [0.29, 0.717) is 13.0 Å². The molecule has 100 valence electrons. The number of hydrogen-bond acceptors (Lipinski definition) is 3. The molecule has 0 aliphatic heterocycles. The van der Waals surface area contributed by atoms with Gasteiger partial charge in [0.25, 0.3) is 0 Å². The van der Waals surface area contributed by atoms with Crippen LogP contribution in [0.5, 0.6) is 0 Å². The maximum atomic E-state index is 10.5. The summed E-state index contributed by atoms with van der Waals surface area (Å²) in [7, 11) is -2.18. The van der Waals surface area contributed by atoms with E-state index in [0.717, 1.165) is 11.0 Å². The van der Waals surface area contributed by atoms with Gasteiger partial charge in [-0.1, -0.05) is 19.6 Å². The van der Waals surface area contributed by atoms with E-state index in [1.807, 2.05) is 46.8 Å². The number of imidazole rings is 1. The van der Waals surface area contributed by atoms with Crippen LogP contribution in [0.2, 0.25) is 0 Å². The minimum atomic E-state index is -4.11. The van der Waals surface area contributed by atoms with E-state index in [2.05, 4.69) is 0 Å². The van der Waals surface area contributed by atoms with Crippen molar-refractivity contribution in [3.63, 3.8) is 0 Å². The number of rotatable bonds is 4. The van der Waals surface area contributed by atoms with Gasteiger partial charge in [0.05, 0.1) is 23.7 Å². The summed E-state index contributed by atoms with van der Waals surface area (Å²) in [4.78, 5) is 0. The second kappa shape index (κ2) is 5.49. The summed E-state index contributed by atoms with van der Waals surface area (Å²) in [6, 6.07) is 7.86. The zero-order chi connectivity index (χ0) is 12.5. The number of hydrogen-bond donors (Lipinski definition) is 0. The molecule has 0 radical (unpaired) electrons. The maximum Gasteiger partial charge on any atom is 0.244 e. The van der Waals surface area contributed by atoms with Gasteiger partial charge in [-0.05, 0) is 18.6 Å². The van der Waals surface area contributed by atoms with Crippen LogP contribution in [0.15, 0.2) is 30.6 Å². The molecule has 0 fully saturated rings. The number of fused-ring (bicyclic) bond motifs is 1. The summed E-state index contributed by atoms with van der Waals surface area (Å²) < 4.78 is 35.5. The summed E-state index contributed by atoms with van der Waals surface area (Å²) >= 11 is 0. The number of aromatic nitrogens is 2. The van der Waals surface area contributed by atoms with Gasteiger partial charge in [-0.15, -0.1) is 0 Å². The average Bonchev–Trinajstić information content (AvgIpc) is 2.55. The molecule has 1 aromatic heterocycles. The topological polar surface area (TPSA) is 66.0 Å². The minimum Gasteiger partial charge on any atom is -0.748 e. The van der Waals surface area contributed by atoms with Crippen LogP contribution in [-0.2, 0) is 23.7 Å². The lowest BCUT2D eigenvalue weighted by atomic mass is 10.3. The molecule has 1 aromatic carbocycles. The quantitative estimate of drug-likeness (QED) is 0.616. The van der Waals surface area contributed by atoms with Crippen molar-refractivity contribution in [1.29, 1.82) is 0 Å². The molecular formula is C12H18N2O3S. The predicted molar refractivity (Wildman–Crippen MR) is 69.0 cm³/mol. The Morgan fingerprint density at radius 1 is 1.33 bits per heavy atom. The Bertz CT molecular complexity index is 632. The van der Waals surface area contributed by atoms with E-state index in [1.54, 1.807) is 0 Å². The van der Waals surface area contributed by atoms with Gasteiger partial charge in [-0.3, -0.25) is 0 Å². The van der Waals surface area contributed by atoms with Gasteiger partial charge in [0, 0.05) is 5.75 Å². The highest BCUT2D eigenvalue weighted by molar-refractivity contribution is 7.85. The Kier molecular flexibility index (Phi) is 4.48. The zero-order valence-electron chi connectivity index (χ0n) is 9.54. The maximum absolute atomic E-state index is 10.5. The first kappa shape index (κ1) is 14.7. The SMILES string of the molecule is C.C[n+]1cn(CCCS(=O)(=O)[O-])c2ccccc21. The van der Waals surface area contributed by atoms with E-state index in [9.17, 15) is 13.0 Å². The molecule has 18 heavy (non-hydrogen) atoms. The standard InChI is InChI=1S/C11H14N2O3S.CH4/c1-12-9-13(7-4-8-17(14,15)16)11-6-3-2-5-10(11)12;/h2-3,5-6,9H,4,7-8H2,1H3;1H4. The number of aryl methyl sites for hydroxylation is 2. The molecule has 0 N–H and O–H groups in total. The van der Waals surface area contributed by atoms with Crippen molar-refractivity contribution in [2.45, 2.75) is 20.4 Å². The van der Waals surface area contributed by atoms with Gasteiger partial charge in [0.15, 0.2) is 11.0 Å². The van der Waals surface area contributed by atoms with Crippen LogP contribution in [0.4, 0.5) is 0 Å². The molecule has 0 saturated heterocycles. The molecule has 0 bridgehead atoms. The van der Waals surface area contributed by atoms with E-state index in [4.69, 9.17) is 0 Å². The van der Waals surface area contributed by atoms with Crippen LogP contribution in [0.3, 0.4) is 0 Å². The highest BCUT2D eigenvalue weighted by atomic mass is 32.2. The third-order valence-corrected chi connectivity index (χ3v) is 3.47. The molecule has 2 aromatic rings. The fraction of sp³-hybridized carbons (Fsp3) is 0.417. The molecule has 1 heterocycles. The lowest BCUT2D eigenvalue weighted by molar-refractivity contribution is -0.645. The van der Waals surface area contributed by atoms with Gasteiger partial charge in [-0.2, -0.15) is 0 Å². The molecule has 0 spiro atoms. The highest BCUT2D eigenvalue weighted by Crippen LogP contribution is 2.10. The average molecular weight is 270 g/mol. The summed E-state index contributed by atoms with van der Waals surface area (Å²) in [5.41, 5.74) is 2.12. The van der Waals surface area contributed by atoms with Crippen molar-refractivity contribution < 1.29 is 17.5 Å². The van der Waals surface area contributed by atoms with Gasteiger partial charge in [-0.25, -0.2) is 17.6 Å². The Balaban J connectivity index is 0.00000162. The van der Waals surface area contributed by atoms with Gasteiger partial charge in [0.1, 0.15) is 0 Å². The second-order valence-corrected chi connectivity index (χ2v) is 5.55. The summed E-state index contributed by atoms with van der Waals surface area (Å²) in [6.07, 6.45) is 2.24. The third-order valence-electron chi connectivity index (χ3n) is 2.68. The highest BCUT2D eigenvalue weighted by Gasteiger charge is 2.11. The van der Waals surface area contributed by atoms with Crippen LogP contribution >= 0.6 is 0 Å². The van der Waals surface area contributed by atoms with E-state index in [1.165, 1.54) is 0 Å². The first-order chi connectivity index (χ1) is 7.97. The molecule has 0 aliphatic rings. The Hall–Kier alpha value is -1.40. The van der Waals surface area contributed by atoms with Crippen molar-refractivity contribution in [2.24, 2.45) is 7.05 Å². The van der Waals surface area contributed by atoms with Crippen molar-refractivity contribution >= 4 is 21.2 Å². The first-order valence-electron chi connectivity index (χ1n) is 5.34. The van der Waals surface area contributed by atoms with Crippen LogP contribution in [0.1, 0.15) is 13.8 Å². The summed E-state index contributed by atoms with van der Waals surface area (Å²) in [6.45, 7) is 0.531. The van der Waals surface area contributed by atoms with Crippen molar-refractivity contribution in [2.75, 3.05) is 5.75 Å². The number of para-hydroxylation sites is 2. The third kappa shape index (κ3) is 3.30. The Morgan fingerprint density at radius 2 is 2.00 bits per heavy atom. The Labute approximate surface area is 107 Å². The second-order valence-electron chi connectivity index (χ2n) is 4.02. The van der Waals surface area contributed by atoms with E-state index >= 15 is 0 Å². The first-order valence-corrected chi connectivity index (χ1v) is 6.92. The van der Waals surface area contributed by atoms with Crippen molar-refractivity contribution in [3.05, 3.63) is 30.6 Å². The van der Waals surface area contributed by atoms with Crippen LogP contribution in [0, 0.1) is 0 Å². The predicted octanol–water partition coefficient (Wildman–Crippen LogP) is 1.04. The lowest BCUT2D eigenvalue weighted by Gasteiger charge is -2.04. The fourth-order valence-electron chi connectivity index (χ4n) is 1.93. The van der Waals surface area contributed by atoms with E-state index in [-0.39, 0.29) is 13.2 Å². The van der Waals surface area contributed by atoms with Crippen molar-refractivity contribution in [1.82, 2.24) is 4.57 Å². The molecule has 0 amide bonds. The molecular weight excluding hydrogens is 252 g/mol. The van der Waals surface area contributed by atoms with E-state index < -0.39 is 10.1 Å². The summed E-state index contributed by atoms with van der Waals surface area (Å²) in [5, 5.41) is 0. The smallest absolute Gasteiger partial charge is 0.244 e. The summed E-state index contributed by atoms with van der Waals surface area (Å²) in [5.74, 6) is -0.316. The molecule has 0 atom stereocenters. The van der Waals surface area contributed by atoms with Gasteiger partial charge >= 0.3 is 0 Å². The zero-order valence-corrected chi connectivity index (χ0v) is 10.4. The normalized spacial score (nSPS) is 11.4. The van der Waals surface area contributed by atoms with Crippen LogP contribution in [0.25, 0.3) is 11.0 Å².